The number of benzene rings is 2. The van der Waals surface area contributed by atoms with Gasteiger partial charge in [0.25, 0.3) is 5.91 Å². The molecule has 6 heteroatoms. The summed E-state index contributed by atoms with van der Waals surface area (Å²) in [4.78, 5) is 21.6. The van der Waals surface area contributed by atoms with Gasteiger partial charge in [-0.1, -0.05) is 30.3 Å². The molecule has 1 aliphatic rings. The number of piperazine rings is 1. The zero-order valence-corrected chi connectivity index (χ0v) is 16.2. The smallest absolute Gasteiger partial charge is 0.263 e. The van der Waals surface area contributed by atoms with Crippen molar-refractivity contribution in [2.75, 3.05) is 26.2 Å². The van der Waals surface area contributed by atoms with Crippen molar-refractivity contribution < 1.29 is 9.53 Å². The van der Waals surface area contributed by atoms with Crippen LogP contribution in [0.1, 0.15) is 11.9 Å². The number of ether oxygens (including phenoxy) is 1. The molecule has 1 amide bonds. The van der Waals surface area contributed by atoms with Crippen LogP contribution in [-0.4, -0.2) is 53.0 Å². The van der Waals surface area contributed by atoms with E-state index in [9.17, 15) is 4.79 Å². The number of nitrogens with zero attached hydrogens (tertiary/aromatic N) is 3. The maximum absolute atomic E-state index is 12.7. The van der Waals surface area contributed by atoms with Crippen LogP contribution in [0, 0.1) is 0 Å². The molecule has 1 aromatic heterocycles. The minimum atomic E-state index is -0.469. The zero-order valence-electron chi connectivity index (χ0n) is 15.4. The third-order valence-corrected chi connectivity index (χ3v) is 5.81. The molecular weight excluding hydrogens is 358 g/mol. The summed E-state index contributed by atoms with van der Waals surface area (Å²) in [6.45, 7) is 5.85. The van der Waals surface area contributed by atoms with Crippen LogP contribution in [0.4, 0.5) is 0 Å². The number of carbonyl (C=O) groups is 1. The number of carbonyl (C=O) groups excluding carboxylic acids is 1. The molecule has 3 aromatic rings. The van der Waals surface area contributed by atoms with E-state index in [0.717, 1.165) is 49.0 Å². The first-order valence-corrected chi connectivity index (χ1v) is 10.1. The number of rotatable bonds is 5. The number of amides is 1. The van der Waals surface area contributed by atoms with Gasteiger partial charge in [0.15, 0.2) is 6.10 Å². The molecule has 0 radical (unpaired) electrons. The van der Waals surface area contributed by atoms with E-state index >= 15 is 0 Å². The molecule has 5 nitrogen and oxygen atoms in total. The van der Waals surface area contributed by atoms with Crippen LogP contribution >= 0.6 is 11.3 Å². The summed E-state index contributed by atoms with van der Waals surface area (Å²) in [6, 6.07) is 17.7. The number of hydrogen-bond acceptors (Lipinski definition) is 5. The normalized spacial score (nSPS) is 16.4. The quantitative estimate of drug-likeness (QED) is 0.679. The van der Waals surface area contributed by atoms with Gasteiger partial charge in [-0.25, -0.2) is 4.98 Å². The third-order valence-electron chi connectivity index (χ3n) is 4.78. The summed E-state index contributed by atoms with van der Waals surface area (Å²) in [5.74, 6) is 0.784. The van der Waals surface area contributed by atoms with Gasteiger partial charge in [-0.15, -0.1) is 11.3 Å². The molecule has 0 saturated carbocycles. The predicted molar refractivity (Wildman–Crippen MR) is 108 cm³/mol. The Kier molecular flexibility index (Phi) is 5.36. The summed E-state index contributed by atoms with van der Waals surface area (Å²) in [6.07, 6.45) is -0.469. The van der Waals surface area contributed by atoms with Crippen molar-refractivity contribution in [3.8, 4) is 5.75 Å². The molecule has 1 saturated heterocycles. The Hall–Kier alpha value is -2.44. The summed E-state index contributed by atoms with van der Waals surface area (Å²) >= 11 is 1.75. The second-order valence-corrected chi connectivity index (χ2v) is 7.87. The van der Waals surface area contributed by atoms with E-state index in [1.54, 1.807) is 11.3 Å². The average molecular weight is 382 g/mol. The molecule has 0 N–H and O–H groups in total. The molecule has 1 aliphatic heterocycles. The molecule has 1 atom stereocenters. The van der Waals surface area contributed by atoms with Gasteiger partial charge in [-0.3, -0.25) is 9.69 Å². The van der Waals surface area contributed by atoms with Gasteiger partial charge >= 0.3 is 0 Å². The maximum Gasteiger partial charge on any atom is 0.263 e. The van der Waals surface area contributed by atoms with Gasteiger partial charge in [-0.05, 0) is 31.2 Å². The standard InChI is InChI=1S/C21H23N3O2S/c1-16(26-17-7-3-2-4-8-17)21(25)24-13-11-23(12-14-24)15-20-22-18-9-5-6-10-19(18)27-20/h2-10,16H,11-15H2,1H3. The number of fused-ring (bicyclic) bond motifs is 1. The van der Waals surface area contributed by atoms with Crippen LogP contribution in [-0.2, 0) is 11.3 Å². The van der Waals surface area contributed by atoms with E-state index in [4.69, 9.17) is 9.72 Å². The summed E-state index contributed by atoms with van der Waals surface area (Å²) in [7, 11) is 0. The predicted octanol–water partition coefficient (Wildman–Crippen LogP) is 3.41. The molecule has 2 heterocycles. The second-order valence-electron chi connectivity index (χ2n) is 6.75. The highest BCUT2D eigenvalue weighted by Gasteiger charge is 2.26. The van der Waals surface area contributed by atoms with Crippen LogP contribution in [0.25, 0.3) is 10.2 Å². The minimum Gasteiger partial charge on any atom is -0.481 e. The highest BCUT2D eigenvalue weighted by Crippen LogP contribution is 2.23. The summed E-state index contributed by atoms with van der Waals surface area (Å²) in [5, 5.41) is 1.14. The van der Waals surface area contributed by atoms with Gasteiger partial charge in [0.05, 0.1) is 16.8 Å². The first kappa shape index (κ1) is 17.9. The van der Waals surface area contributed by atoms with E-state index in [-0.39, 0.29) is 5.91 Å². The van der Waals surface area contributed by atoms with Gasteiger partial charge in [0.1, 0.15) is 10.8 Å². The molecule has 0 spiro atoms. The monoisotopic (exact) mass is 381 g/mol. The number of aromatic nitrogens is 1. The molecule has 140 valence electrons. The first-order chi connectivity index (χ1) is 13.2. The Balaban J connectivity index is 1.29. The topological polar surface area (TPSA) is 45.7 Å². The van der Waals surface area contributed by atoms with Crippen LogP contribution in [0.2, 0.25) is 0 Å². The van der Waals surface area contributed by atoms with Crippen LogP contribution in [0.3, 0.4) is 0 Å². The van der Waals surface area contributed by atoms with Crippen molar-refractivity contribution in [2.45, 2.75) is 19.6 Å². The van der Waals surface area contributed by atoms with E-state index in [1.807, 2.05) is 54.3 Å². The Morgan fingerprint density at radius 2 is 1.78 bits per heavy atom. The largest absolute Gasteiger partial charge is 0.481 e. The van der Waals surface area contributed by atoms with Crippen molar-refractivity contribution in [2.24, 2.45) is 0 Å². The Labute approximate surface area is 163 Å². The molecule has 27 heavy (non-hydrogen) atoms. The van der Waals surface area contributed by atoms with Gasteiger partial charge in [0.2, 0.25) is 0 Å². The van der Waals surface area contributed by atoms with Gasteiger partial charge in [-0.2, -0.15) is 0 Å². The molecule has 1 unspecified atom stereocenters. The highest BCUT2D eigenvalue weighted by atomic mass is 32.1. The molecule has 0 aliphatic carbocycles. The van der Waals surface area contributed by atoms with E-state index < -0.39 is 6.10 Å². The van der Waals surface area contributed by atoms with E-state index in [1.165, 1.54) is 4.70 Å². The Morgan fingerprint density at radius 3 is 2.52 bits per heavy atom. The van der Waals surface area contributed by atoms with Crippen molar-refractivity contribution in [3.05, 3.63) is 59.6 Å². The number of para-hydroxylation sites is 2. The highest BCUT2D eigenvalue weighted by molar-refractivity contribution is 7.18. The molecule has 2 aromatic carbocycles. The van der Waals surface area contributed by atoms with Crippen LogP contribution in [0.5, 0.6) is 5.75 Å². The van der Waals surface area contributed by atoms with Crippen molar-refractivity contribution in [3.63, 3.8) is 0 Å². The molecule has 4 rings (SSSR count). The lowest BCUT2D eigenvalue weighted by molar-refractivity contribution is -0.139. The minimum absolute atomic E-state index is 0.0542. The van der Waals surface area contributed by atoms with Crippen molar-refractivity contribution >= 4 is 27.5 Å². The van der Waals surface area contributed by atoms with Crippen LogP contribution < -0.4 is 4.74 Å². The maximum atomic E-state index is 12.7. The lowest BCUT2D eigenvalue weighted by atomic mass is 10.2. The van der Waals surface area contributed by atoms with Gasteiger partial charge in [0, 0.05) is 26.2 Å². The lowest BCUT2D eigenvalue weighted by Crippen LogP contribution is -2.51. The number of hydrogen-bond donors (Lipinski definition) is 0. The van der Waals surface area contributed by atoms with E-state index in [0.29, 0.717) is 0 Å². The average Bonchev–Trinajstić information content (AvgIpc) is 3.11. The van der Waals surface area contributed by atoms with Crippen LogP contribution in [0.15, 0.2) is 54.6 Å². The summed E-state index contributed by atoms with van der Waals surface area (Å²) in [5.41, 5.74) is 1.07. The number of thiazole rings is 1. The lowest BCUT2D eigenvalue weighted by Gasteiger charge is -2.35. The fourth-order valence-electron chi connectivity index (χ4n) is 3.32. The Morgan fingerprint density at radius 1 is 1.07 bits per heavy atom. The molecule has 0 bridgehead atoms. The van der Waals surface area contributed by atoms with E-state index in [2.05, 4.69) is 17.0 Å². The molecule has 1 fully saturated rings. The first-order valence-electron chi connectivity index (χ1n) is 9.26. The zero-order chi connectivity index (χ0) is 18.6. The molecular formula is C21H23N3O2S. The van der Waals surface area contributed by atoms with Gasteiger partial charge < -0.3 is 9.64 Å². The SMILES string of the molecule is CC(Oc1ccccc1)C(=O)N1CCN(Cc2nc3ccccc3s2)CC1. The van der Waals surface area contributed by atoms with Crippen molar-refractivity contribution in [1.29, 1.82) is 0 Å². The summed E-state index contributed by atoms with van der Waals surface area (Å²) < 4.78 is 7.00. The second kappa shape index (κ2) is 8.06. The fourth-order valence-corrected chi connectivity index (χ4v) is 4.33. The fraction of sp³-hybridized carbons (Fsp3) is 0.333. The Bertz CT molecular complexity index is 871. The third kappa shape index (κ3) is 4.28. The van der Waals surface area contributed by atoms with Crippen molar-refractivity contribution in [1.82, 2.24) is 14.8 Å².